The molecule has 1 atom stereocenters. The van der Waals surface area contributed by atoms with Gasteiger partial charge in [-0.05, 0) is 49.6 Å². The summed E-state index contributed by atoms with van der Waals surface area (Å²) in [5.41, 5.74) is 4.15. The largest absolute Gasteiger partial charge is 0.316 e. The molecule has 1 nitrogen and oxygen atoms in total. The summed E-state index contributed by atoms with van der Waals surface area (Å²) in [4.78, 5) is 0. The average Bonchev–Trinajstić information content (AvgIpc) is 2.42. The van der Waals surface area contributed by atoms with Crippen LogP contribution in [-0.4, -0.2) is 13.1 Å². The van der Waals surface area contributed by atoms with E-state index in [0.717, 1.165) is 12.8 Å². The van der Waals surface area contributed by atoms with E-state index >= 15 is 0 Å². The predicted molar refractivity (Wildman–Crippen MR) is 85.6 cm³/mol. The van der Waals surface area contributed by atoms with Gasteiger partial charge in [-0.25, -0.2) is 0 Å². The summed E-state index contributed by atoms with van der Waals surface area (Å²) in [7, 11) is 2.04. The summed E-state index contributed by atoms with van der Waals surface area (Å²) in [6, 6.07) is 17.5. The second kappa shape index (κ2) is 6.88. The first kappa shape index (κ1) is 14.3. The van der Waals surface area contributed by atoms with Gasteiger partial charge in [-0.15, -0.1) is 0 Å². The quantitative estimate of drug-likeness (QED) is 0.874. The minimum absolute atomic E-state index is 0.458. The van der Waals surface area contributed by atoms with E-state index in [2.05, 4.69) is 76.7 Å². The zero-order chi connectivity index (χ0) is 13.7. The summed E-state index contributed by atoms with van der Waals surface area (Å²) in [6.45, 7) is 2.18. The Balaban J connectivity index is 2.09. The summed E-state index contributed by atoms with van der Waals surface area (Å²) < 4.78 is 1.19. The predicted octanol–water partition coefficient (Wildman–Crippen LogP) is 4.13. The van der Waals surface area contributed by atoms with Gasteiger partial charge in [0.1, 0.15) is 0 Å². The van der Waals surface area contributed by atoms with Crippen molar-refractivity contribution in [1.29, 1.82) is 0 Å². The number of hydrogen-bond acceptors (Lipinski definition) is 1. The van der Waals surface area contributed by atoms with Crippen LogP contribution in [0, 0.1) is 6.92 Å². The van der Waals surface area contributed by atoms with Crippen molar-refractivity contribution >= 4 is 15.9 Å². The van der Waals surface area contributed by atoms with Gasteiger partial charge in [0.05, 0.1) is 0 Å². The second-order valence-electron chi connectivity index (χ2n) is 4.91. The molecule has 0 radical (unpaired) electrons. The maximum atomic E-state index is 3.63. The van der Waals surface area contributed by atoms with Crippen LogP contribution in [0.5, 0.6) is 0 Å². The van der Waals surface area contributed by atoms with E-state index in [1.165, 1.54) is 21.2 Å². The van der Waals surface area contributed by atoms with Gasteiger partial charge >= 0.3 is 0 Å². The van der Waals surface area contributed by atoms with Gasteiger partial charge in [-0.3, -0.25) is 0 Å². The topological polar surface area (TPSA) is 12.0 Å². The van der Waals surface area contributed by atoms with Crippen molar-refractivity contribution in [3.05, 3.63) is 69.7 Å². The van der Waals surface area contributed by atoms with Crippen molar-refractivity contribution < 1.29 is 0 Å². The van der Waals surface area contributed by atoms with E-state index in [-0.39, 0.29) is 0 Å². The van der Waals surface area contributed by atoms with Gasteiger partial charge in [0.15, 0.2) is 0 Å². The van der Waals surface area contributed by atoms with Crippen molar-refractivity contribution in [2.45, 2.75) is 25.8 Å². The number of nitrogens with one attached hydrogen (secondary N) is 1. The standard InChI is InChI=1S/C17H20BrN/c1-13-7-3-4-8-14(13)11-16(19-2)12-15-9-5-6-10-17(15)18/h3-10,16,19H,11-12H2,1-2H3. The molecule has 100 valence electrons. The third kappa shape index (κ3) is 3.92. The maximum Gasteiger partial charge on any atom is 0.0207 e. The van der Waals surface area contributed by atoms with Crippen LogP contribution in [0.4, 0.5) is 0 Å². The first-order valence-corrected chi connectivity index (χ1v) is 7.45. The highest BCUT2D eigenvalue weighted by atomic mass is 79.9. The molecule has 1 unspecified atom stereocenters. The maximum absolute atomic E-state index is 3.63. The zero-order valence-electron chi connectivity index (χ0n) is 11.5. The Labute approximate surface area is 124 Å². The van der Waals surface area contributed by atoms with E-state index in [4.69, 9.17) is 0 Å². The Kier molecular flexibility index (Phi) is 5.17. The fourth-order valence-electron chi connectivity index (χ4n) is 2.31. The molecule has 0 bridgehead atoms. The molecule has 2 rings (SSSR count). The Hall–Kier alpha value is -1.12. The van der Waals surface area contributed by atoms with Crippen LogP contribution in [0.15, 0.2) is 53.0 Å². The van der Waals surface area contributed by atoms with Crippen LogP contribution in [0.2, 0.25) is 0 Å². The molecule has 2 heteroatoms. The number of halogens is 1. The molecule has 2 aromatic rings. The second-order valence-corrected chi connectivity index (χ2v) is 5.77. The third-order valence-electron chi connectivity index (χ3n) is 3.56. The molecular weight excluding hydrogens is 298 g/mol. The Morgan fingerprint density at radius 3 is 2.16 bits per heavy atom. The van der Waals surface area contributed by atoms with Crippen LogP contribution in [-0.2, 0) is 12.8 Å². The Morgan fingerprint density at radius 1 is 0.947 bits per heavy atom. The van der Waals surface area contributed by atoms with Gasteiger partial charge in [0.2, 0.25) is 0 Å². The number of likely N-dealkylation sites (N-methyl/N-ethyl adjacent to an activating group) is 1. The van der Waals surface area contributed by atoms with Crippen molar-refractivity contribution in [3.63, 3.8) is 0 Å². The lowest BCUT2D eigenvalue weighted by Crippen LogP contribution is -2.30. The molecule has 0 saturated carbocycles. The number of hydrogen-bond donors (Lipinski definition) is 1. The molecule has 0 aliphatic carbocycles. The van der Waals surface area contributed by atoms with Gasteiger partial charge < -0.3 is 5.32 Å². The van der Waals surface area contributed by atoms with Crippen molar-refractivity contribution in [2.24, 2.45) is 0 Å². The summed E-state index contributed by atoms with van der Waals surface area (Å²) in [5.74, 6) is 0. The first-order valence-electron chi connectivity index (χ1n) is 6.66. The zero-order valence-corrected chi connectivity index (χ0v) is 13.1. The van der Waals surface area contributed by atoms with Gasteiger partial charge in [-0.1, -0.05) is 58.4 Å². The molecule has 2 aromatic carbocycles. The van der Waals surface area contributed by atoms with E-state index in [9.17, 15) is 0 Å². The van der Waals surface area contributed by atoms with E-state index in [0.29, 0.717) is 6.04 Å². The normalized spacial score (nSPS) is 12.4. The van der Waals surface area contributed by atoms with Crippen molar-refractivity contribution in [1.82, 2.24) is 5.32 Å². The minimum Gasteiger partial charge on any atom is -0.316 e. The minimum atomic E-state index is 0.458. The van der Waals surface area contributed by atoms with Crippen LogP contribution in [0.3, 0.4) is 0 Å². The van der Waals surface area contributed by atoms with Crippen LogP contribution in [0.25, 0.3) is 0 Å². The number of rotatable bonds is 5. The molecule has 0 fully saturated rings. The average molecular weight is 318 g/mol. The number of benzene rings is 2. The van der Waals surface area contributed by atoms with Crippen molar-refractivity contribution in [3.8, 4) is 0 Å². The van der Waals surface area contributed by atoms with Gasteiger partial charge in [-0.2, -0.15) is 0 Å². The molecule has 0 amide bonds. The highest BCUT2D eigenvalue weighted by Gasteiger charge is 2.11. The fraction of sp³-hybridized carbons (Fsp3) is 0.294. The van der Waals surface area contributed by atoms with Crippen LogP contribution >= 0.6 is 15.9 Å². The lowest BCUT2D eigenvalue weighted by atomic mass is 9.96. The van der Waals surface area contributed by atoms with Crippen LogP contribution < -0.4 is 5.32 Å². The van der Waals surface area contributed by atoms with Crippen molar-refractivity contribution in [2.75, 3.05) is 7.05 Å². The fourth-order valence-corrected chi connectivity index (χ4v) is 2.76. The first-order chi connectivity index (χ1) is 9.20. The molecule has 0 aliphatic heterocycles. The molecule has 0 aromatic heterocycles. The van der Waals surface area contributed by atoms with Gasteiger partial charge in [0.25, 0.3) is 0 Å². The number of aryl methyl sites for hydroxylation is 1. The van der Waals surface area contributed by atoms with Gasteiger partial charge in [0, 0.05) is 10.5 Å². The Bertz CT molecular complexity index is 489. The smallest absolute Gasteiger partial charge is 0.0207 e. The highest BCUT2D eigenvalue weighted by Crippen LogP contribution is 2.19. The molecule has 0 spiro atoms. The monoisotopic (exact) mass is 317 g/mol. The molecule has 19 heavy (non-hydrogen) atoms. The summed E-state index contributed by atoms with van der Waals surface area (Å²) >= 11 is 3.63. The summed E-state index contributed by atoms with van der Waals surface area (Å²) in [6.07, 6.45) is 2.09. The van der Waals surface area contributed by atoms with E-state index in [1.807, 2.05) is 7.05 Å². The van der Waals surface area contributed by atoms with Crippen LogP contribution in [0.1, 0.15) is 16.7 Å². The third-order valence-corrected chi connectivity index (χ3v) is 4.33. The Morgan fingerprint density at radius 2 is 1.53 bits per heavy atom. The molecule has 1 N–H and O–H groups in total. The summed E-state index contributed by atoms with van der Waals surface area (Å²) in [5, 5.41) is 3.43. The lowest BCUT2D eigenvalue weighted by Gasteiger charge is -2.18. The molecule has 0 saturated heterocycles. The molecule has 0 heterocycles. The molecular formula is C17H20BrN. The highest BCUT2D eigenvalue weighted by molar-refractivity contribution is 9.10. The SMILES string of the molecule is CNC(Cc1ccccc1C)Cc1ccccc1Br. The van der Waals surface area contributed by atoms with E-state index in [1.54, 1.807) is 0 Å². The molecule has 0 aliphatic rings. The lowest BCUT2D eigenvalue weighted by molar-refractivity contribution is 0.554. The van der Waals surface area contributed by atoms with E-state index < -0.39 is 0 Å².